The van der Waals surface area contributed by atoms with E-state index in [1.807, 2.05) is 13.8 Å². The van der Waals surface area contributed by atoms with E-state index in [2.05, 4.69) is 21.3 Å². The van der Waals surface area contributed by atoms with Crippen LogP contribution in [0.2, 0.25) is 0 Å². The Labute approximate surface area is 303 Å². The number of hydrogen-bond donors (Lipinski definition) is 4. The summed E-state index contributed by atoms with van der Waals surface area (Å²) in [5, 5.41) is 10.6. The van der Waals surface area contributed by atoms with Crippen LogP contribution in [0.3, 0.4) is 0 Å². The number of amides is 4. The zero-order valence-corrected chi connectivity index (χ0v) is 31.0. The Bertz CT molecular complexity index is 2200. The van der Waals surface area contributed by atoms with Crippen LogP contribution in [-0.2, 0) is 20.2 Å². The number of para-hydroxylation sites is 2. The van der Waals surface area contributed by atoms with Crippen molar-refractivity contribution >= 4 is 55.0 Å². The molecule has 0 unspecified atom stereocenters. The van der Waals surface area contributed by atoms with Gasteiger partial charge in [0.05, 0.1) is 11.4 Å². The van der Waals surface area contributed by atoms with E-state index in [9.17, 15) is 26.4 Å². The topological polar surface area (TPSA) is 169 Å². The highest BCUT2D eigenvalue weighted by Crippen LogP contribution is 2.29. The molecule has 5 aromatic rings. The van der Waals surface area contributed by atoms with E-state index in [-0.39, 0.29) is 44.0 Å². The van der Waals surface area contributed by atoms with Crippen molar-refractivity contribution in [1.29, 1.82) is 0 Å². The zero-order valence-electron chi connectivity index (χ0n) is 29.3. The van der Waals surface area contributed by atoms with Gasteiger partial charge in [-0.1, -0.05) is 59.7 Å². The van der Waals surface area contributed by atoms with Crippen LogP contribution in [-0.4, -0.2) is 28.9 Å². The van der Waals surface area contributed by atoms with E-state index in [0.717, 1.165) is 11.1 Å². The second kappa shape index (κ2) is 15.2. The number of carbonyl (C=O) groups excluding carboxylic acids is 2. The molecule has 5 aromatic carbocycles. The second-order valence-corrected chi connectivity index (χ2v) is 15.3. The summed E-state index contributed by atoms with van der Waals surface area (Å²) in [4.78, 5) is 26.1. The minimum atomic E-state index is -4.16. The molecule has 270 valence electrons. The minimum absolute atomic E-state index is 0.00311. The standard InChI is InChI=1S/C38H38N4O8S2/c1-23-17-25(3)35(26(4)18-23)51(45,46)49-31-13-9-11-29(21-31)39-37(43)41-33-15-7-8-16-34(33)42-38(44)40-30-12-10-14-32(22-30)50-52(47,48)36-27(5)19-24(2)20-28(36)6/h7-22H,1-6H3,(H2,39,41,43)(H2,40,42,44). The van der Waals surface area contributed by atoms with Crippen LogP contribution in [0.5, 0.6) is 11.5 Å². The van der Waals surface area contributed by atoms with Gasteiger partial charge in [-0.25, -0.2) is 9.59 Å². The maximum absolute atomic E-state index is 13.1. The third kappa shape index (κ3) is 9.08. The minimum Gasteiger partial charge on any atom is -0.379 e. The van der Waals surface area contributed by atoms with Crippen LogP contribution in [0.4, 0.5) is 32.3 Å². The van der Waals surface area contributed by atoms with Crippen molar-refractivity contribution in [3.63, 3.8) is 0 Å². The summed E-state index contributed by atoms with van der Waals surface area (Å²) in [6.07, 6.45) is 0. The molecule has 5 rings (SSSR count). The molecule has 4 amide bonds. The third-order valence-electron chi connectivity index (χ3n) is 7.73. The van der Waals surface area contributed by atoms with Crippen molar-refractivity contribution in [1.82, 2.24) is 0 Å². The summed E-state index contributed by atoms with van der Waals surface area (Å²) < 4.78 is 63.4. The van der Waals surface area contributed by atoms with Gasteiger partial charge >= 0.3 is 32.3 Å². The highest BCUT2D eigenvalue weighted by atomic mass is 32.2. The SMILES string of the molecule is Cc1cc(C)c(S(=O)(=O)Oc2cccc(NC(=O)Nc3ccccc3NC(=O)Nc3cccc(OS(=O)(=O)c4c(C)cc(C)cc4C)c3)c2)c(C)c1. The molecule has 12 nitrogen and oxygen atoms in total. The number of rotatable bonds is 10. The van der Waals surface area contributed by atoms with Crippen LogP contribution in [0, 0.1) is 41.5 Å². The van der Waals surface area contributed by atoms with E-state index in [1.165, 1.54) is 36.4 Å². The molecule has 0 atom stereocenters. The average molecular weight is 743 g/mol. The fourth-order valence-corrected chi connectivity index (χ4v) is 8.67. The number of hydrogen-bond acceptors (Lipinski definition) is 8. The summed E-state index contributed by atoms with van der Waals surface area (Å²) >= 11 is 0. The summed E-state index contributed by atoms with van der Waals surface area (Å²) in [7, 11) is -8.32. The Morgan fingerprint density at radius 2 is 0.808 bits per heavy atom. The maximum Gasteiger partial charge on any atom is 0.339 e. The predicted octanol–water partition coefficient (Wildman–Crippen LogP) is 8.36. The van der Waals surface area contributed by atoms with Gasteiger partial charge < -0.3 is 29.6 Å². The van der Waals surface area contributed by atoms with Gasteiger partial charge in [0.2, 0.25) is 0 Å². The number of carbonyl (C=O) groups is 2. The summed E-state index contributed by atoms with van der Waals surface area (Å²) in [6, 6.07) is 24.0. The van der Waals surface area contributed by atoms with Gasteiger partial charge in [0.1, 0.15) is 21.3 Å². The molecule has 4 N–H and O–H groups in total. The number of urea groups is 2. The lowest BCUT2D eigenvalue weighted by atomic mass is 10.1. The number of aryl methyl sites for hydroxylation is 6. The van der Waals surface area contributed by atoms with Gasteiger partial charge in [-0.2, -0.15) is 16.8 Å². The Morgan fingerprint density at radius 3 is 1.15 bits per heavy atom. The number of anilines is 4. The zero-order chi connectivity index (χ0) is 37.8. The van der Waals surface area contributed by atoms with Crippen molar-refractivity contribution in [2.75, 3.05) is 21.3 Å². The van der Waals surface area contributed by atoms with Crippen LogP contribution in [0.15, 0.2) is 107 Å². The maximum atomic E-state index is 13.1. The molecule has 0 aromatic heterocycles. The summed E-state index contributed by atoms with van der Waals surface area (Å²) in [5.74, 6) is 0.00622. The Kier molecular flexibility index (Phi) is 10.9. The fourth-order valence-electron chi connectivity index (χ4n) is 5.98. The number of benzene rings is 5. The molecule has 0 fully saturated rings. The molecule has 0 bridgehead atoms. The lowest BCUT2D eigenvalue weighted by Crippen LogP contribution is -2.23. The van der Waals surface area contributed by atoms with Gasteiger partial charge in [0, 0.05) is 23.5 Å². The molecule has 0 saturated carbocycles. The molecular formula is C38H38N4O8S2. The van der Waals surface area contributed by atoms with Crippen molar-refractivity contribution in [3.05, 3.63) is 130 Å². The molecule has 0 aliphatic heterocycles. The molecule has 52 heavy (non-hydrogen) atoms. The fraction of sp³-hybridized carbons (Fsp3) is 0.158. The van der Waals surface area contributed by atoms with Crippen LogP contribution in [0.1, 0.15) is 33.4 Å². The van der Waals surface area contributed by atoms with E-state index in [4.69, 9.17) is 8.37 Å². The smallest absolute Gasteiger partial charge is 0.339 e. The van der Waals surface area contributed by atoms with Crippen molar-refractivity contribution in [2.24, 2.45) is 0 Å². The molecule has 0 spiro atoms. The molecule has 14 heteroatoms. The van der Waals surface area contributed by atoms with Gasteiger partial charge in [-0.3, -0.25) is 0 Å². The van der Waals surface area contributed by atoms with Crippen LogP contribution >= 0.6 is 0 Å². The first kappa shape index (κ1) is 37.4. The monoisotopic (exact) mass is 742 g/mol. The Hall–Kier alpha value is -5.86. The first-order valence-corrected chi connectivity index (χ1v) is 18.8. The molecule has 0 saturated heterocycles. The predicted molar refractivity (Wildman–Crippen MR) is 202 cm³/mol. The van der Waals surface area contributed by atoms with Gasteiger partial charge in [0.15, 0.2) is 0 Å². The lowest BCUT2D eigenvalue weighted by Gasteiger charge is -2.15. The average Bonchev–Trinajstić information content (AvgIpc) is 3.00. The molecule has 0 aliphatic carbocycles. The largest absolute Gasteiger partial charge is 0.379 e. The van der Waals surface area contributed by atoms with Gasteiger partial charge in [-0.05, 0) is 100 Å². The van der Waals surface area contributed by atoms with Crippen LogP contribution < -0.4 is 29.6 Å². The molecule has 0 heterocycles. The highest BCUT2D eigenvalue weighted by molar-refractivity contribution is 7.87. The second-order valence-electron chi connectivity index (χ2n) is 12.3. The van der Waals surface area contributed by atoms with E-state index in [0.29, 0.717) is 22.3 Å². The first-order chi connectivity index (χ1) is 24.5. The number of nitrogens with one attached hydrogen (secondary N) is 4. The van der Waals surface area contributed by atoms with E-state index in [1.54, 1.807) is 88.4 Å². The highest BCUT2D eigenvalue weighted by Gasteiger charge is 2.24. The van der Waals surface area contributed by atoms with E-state index >= 15 is 0 Å². The van der Waals surface area contributed by atoms with Crippen molar-refractivity contribution in [3.8, 4) is 11.5 Å². The summed E-state index contributed by atoms with van der Waals surface area (Å²) in [5.41, 5.74) is 5.10. The Morgan fingerprint density at radius 1 is 0.462 bits per heavy atom. The third-order valence-corrected chi connectivity index (χ3v) is 10.8. The van der Waals surface area contributed by atoms with Gasteiger partial charge in [0.25, 0.3) is 0 Å². The first-order valence-electron chi connectivity index (χ1n) is 16.0. The lowest BCUT2D eigenvalue weighted by molar-refractivity contribution is 0.261. The molecule has 0 radical (unpaired) electrons. The quantitative estimate of drug-likeness (QED) is 0.104. The van der Waals surface area contributed by atoms with Gasteiger partial charge in [-0.15, -0.1) is 0 Å². The van der Waals surface area contributed by atoms with Crippen LogP contribution in [0.25, 0.3) is 0 Å². The normalized spacial score (nSPS) is 11.3. The summed E-state index contributed by atoms with van der Waals surface area (Å²) in [6.45, 7) is 10.6. The van der Waals surface area contributed by atoms with E-state index < -0.39 is 32.3 Å². The van der Waals surface area contributed by atoms with Crippen molar-refractivity contribution in [2.45, 2.75) is 51.3 Å². The van der Waals surface area contributed by atoms with Crippen molar-refractivity contribution < 1.29 is 34.8 Å². The molecular weight excluding hydrogens is 705 g/mol. The Balaban J connectivity index is 1.22. The molecule has 0 aliphatic rings.